The van der Waals surface area contributed by atoms with Crippen LogP contribution in [-0.4, -0.2) is 25.1 Å². The van der Waals surface area contributed by atoms with Gasteiger partial charge in [-0.25, -0.2) is 4.79 Å². The predicted octanol–water partition coefficient (Wildman–Crippen LogP) is 5.07. The van der Waals surface area contributed by atoms with E-state index in [1.807, 2.05) is 30.3 Å². The molecule has 0 aliphatic carbocycles. The van der Waals surface area contributed by atoms with Gasteiger partial charge in [0.05, 0.1) is 11.3 Å². The van der Waals surface area contributed by atoms with Crippen molar-refractivity contribution in [2.24, 2.45) is 0 Å². The lowest BCUT2D eigenvalue weighted by atomic mass is 10.1. The molecule has 0 radical (unpaired) electrons. The Morgan fingerprint density at radius 2 is 1.67 bits per heavy atom. The van der Waals surface area contributed by atoms with Crippen LogP contribution < -0.4 is 10.1 Å². The highest BCUT2D eigenvalue weighted by molar-refractivity contribution is 6.30. The summed E-state index contributed by atoms with van der Waals surface area (Å²) in [7, 11) is 0. The van der Waals surface area contributed by atoms with Crippen LogP contribution in [0.1, 0.15) is 5.56 Å². The van der Waals surface area contributed by atoms with Gasteiger partial charge in [0, 0.05) is 5.02 Å². The first-order chi connectivity index (χ1) is 14.2. The molecule has 0 unspecified atom stereocenters. The first-order valence-electron chi connectivity index (χ1n) is 8.66. The molecular weight excluding hydrogens is 423 g/mol. The minimum absolute atomic E-state index is 0.127. The molecular formula is C21H15ClF3NO4. The molecule has 0 heterocycles. The molecule has 1 amide bonds. The van der Waals surface area contributed by atoms with Crippen molar-refractivity contribution in [1.29, 1.82) is 0 Å². The average Bonchev–Trinajstić information content (AvgIpc) is 2.71. The van der Waals surface area contributed by atoms with Gasteiger partial charge in [0.2, 0.25) is 0 Å². The Hall–Kier alpha value is -3.26. The van der Waals surface area contributed by atoms with Crippen molar-refractivity contribution >= 4 is 39.9 Å². The second-order valence-electron chi connectivity index (χ2n) is 6.19. The van der Waals surface area contributed by atoms with Gasteiger partial charge in [0.15, 0.2) is 13.2 Å². The summed E-state index contributed by atoms with van der Waals surface area (Å²) in [6.07, 6.45) is -4.71. The van der Waals surface area contributed by atoms with Crippen molar-refractivity contribution in [3.8, 4) is 5.75 Å². The first kappa shape index (κ1) is 21.4. The molecule has 3 rings (SSSR count). The zero-order valence-electron chi connectivity index (χ0n) is 15.3. The molecule has 3 aromatic rings. The monoisotopic (exact) mass is 437 g/mol. The maximum absolute atomic E-state index is 13.0. The fraction of sp³-hybridized carbons (Fsp3) is 0.143. The summed E-state index contributed by atoms with van der Waals surface area (Å²) < 4.78 is 49.2. The highest BCUT2D eigenvalue weighted by atomic mass is 35.5. The molecule has 1 N–H and O–H groups in total. The predicted molar refractivity (Wildman–Crippen MR) is 105 cm³/mol. The third-order valence-corrected chi connectivity index (χ3v) is 4.24. The van der Waals surface area contributed by atoms with Gasteiger partial charge in [-0.3, -0.25) is 4.79 Å². The first-order valence-corrected chi connectivity index (χ1v) is 9.04. The number of anilines is 1. The molecule has 5 nitrogen and oxygen atoms in total. The number of ether oxygens (including phenoxy) is 2. The van der Waals surface area contributed by atoms with E-state index in [9.17, 15) is 22.8 Å². The molecule has 0 aliphatic rings. The van der Waals surface area contributed by atoms with Gasteiger partial charge in [0.1, 0.15) is 5.75 Å². The molecule has 0 saturated heterocycles. The SMILES string of the molecule is O=C(COC(=O)COc1ccc2ccccc2c1)Nc1ccc(Cl)cc1C(F)(F)F. The molecule has 0 aliphatic heterocycles. The van der Waals surface area contributed by atoms with Crippen molar-refractivity contribution < 1.29 is 32.2 Å². The van der Waals surface area contributed by atoms with Crippen LogP contribution >= 0.6 is 11.6 Å². The van der Waals surface area contributed by atoms with Crippen molar-refractivity contribution in [2.75, 3.05) is 18.5 Å². The molecule has 9 heteroatoms. The Morgan fingerprint density at radius 1 is 0.933 bits per heavy atom. The summed E-state index contributed by atoms with van der Waals surface area (Å²) in [5.41, 5.74) is -1.59. The summed E-state index contributed by atoms with van der Waals surface area (Å²) in [5.74, 6) is -1.33. The number of halogens is 4. The van der Waals surface area contributed by atoms with Crippen molar-refractivity contribution in [3.05, 3.63) is 71.2 Å². The van der Waals surface area contributed by atoms with Gasteiger partial charge in [-0.2, -0.15) is 13.2 Å². The summed E-state index contributed by atoms with van der Waals surface area (Å²) in [6.45, 7) is -1.22. The third-order valence-electron chi connectivity index (χ3n) is 4.00. The molecule has 0 atom stereocenters. The van der Waals surface area contributed by atoms with Crippen LogP contribution in [0.25, 0.3) is 10.8 Å². The van der Waals surface area contributed by atoms with E-state index in [1.165, 1.54) is 6.07 Å². The fourth-order valence-corrected chi connectivity index (χ4v) is 2.81. The molecule has 0 aromatic heterocycles. The minimum atomic E-state index is -4.71. The number of fused-ring (bicyclic) bond motifs is 1. The maximum atomic E-state index is 13.0. The van der Waals surface area contributed by atoms with Gasteiger partial charge in [-0.15, -0.1) is 0 Å². The summed E-state index contributed by atoms with van der Waals surface area (Å²) in [6, 6.07) is 15.7. The van der Waals surface area contributed by atoms with Gasteiger partial charge >= 0.3 is 12.1 Å². The second-order valence-corrected chi connectivity index (χ2v) is 6.63. The minimum Gasteiger partial charge on any atom is -0.482 e. The molecule has 0 bridgehead atoms. The quantitative estimate of drug-likeness (QED) is 0.547. The van der Waals surface area contributed by atoms with E-state index in [1.54, 1.807) is 12.1 Å². The van der Waals surface area contributed by atoms with E-state index in [2.05, 4.69) is 5.32 Å². The lowest BCUT2D eigenvalue weighted by Gasteiger charge is -2.14. The maximum Gasteiger partial charge on any atom is 0.418 e. The lowest BCUT2D eigenvalue weighted by Crippen LogP contribution is -2.24. The molecule has 0 saturated carbocycles. The van der Waals surface area contributed by atoms with Gasteiger partial charge in [-0.1, -0.05) is 41.9 Å². The van der Waals surface area contributed by atoms with Crippen molar-refractivity contribution in [3.63, 3.8) is 0 Å². The number of rotatable bonds is 6. The Labute approximate surface area is 174 Å². The molecule has 0 fully saturated rings. The van der Waals surface area contributed by atoms with E-state index in [0.717, 1.165) is 16.8 Å². The number of alkyl halides is 3. The Kier molecular flexibility index (Phi) is 6.47. The summed E-state index contributed by atoms with van der Waals surface area (Å²) in [5, 5.41) is 3.86. The zero-order valence-corrected chi connectivity index (χ0v) is 16.1. The molecule has 0 spiro atoms. The van der Waals surface area contributed by atoms with Crippen LogP contribution in [-0.2, 0) is 20.5 Å². The number of hydrogen-bond acceptors (Lipinski definition) is 4. The van der Waals surface area contributed by atoms with Crippen LogP contribution in [0.4, 0.5) is 18.9 Å². The van der Waals surface area contributed by atoms with Crippen molar-refractivity contribution in [2.45, 2.75) is 6.18 Å². The standard InChI is InChI=1S/C21H15ClF3NO4/c22-15-6-8-18(17(10-15)21(23,24)25)26-19(27)11-30-20(28)12-29-16-7-5-13-3-1-2-4-14(13)9-16/h1-10H,11-12H2,(H,26,27). The Bertz CT molecular complexity index is 1090. The van der Waals surface area contributed by atoms with Crippen LogP contribution in [0.2, 0.25) is 5.02 Å². The van der Waals surface area contributed by atoms with Crippen LogP contribution in [0, 0.1) is 0 Å². The van der Waals surface area contributed by atoms with Crippen LogP contribution in [0.5, 0.6) is 5.75 Å². The largest absolute Gasteiger partial charge is 0.482 e. The fourth-order valence-electron chi connectivity index (χ4n) is 2.63. The molecule has 30 heavy (non-hydrogen) atoms. The topological polar surface area (TPSA) is 64.6 Å². The number of esters is 1. The highest BCUT2D eigenvalue weighted by Crippen LogP contribution is 2.36. The number of hydrogen-bond donors (Lipinski definition) is 1. The van der Waals surface area contributed by atoms with E-state index in [4.69, 9.17) is 21.1 Å². The molecule has 156 valence electrons. The van der Waals surface area contributed by atoms with E-state index < -0.39 is 42.5 Å². The lowest BCUT2D eigenvalue weighted by molar-refractivity contribution is -0.149. The number of carbonyl (C=O) groups is 2. The van der Waals surface area contributed by atoms with Crippen LogP contribution in [0.15, 0.2) is 60.7 Å². The Balaban J connectivity index is 1.51. The third kappa shape index (κ3) is 5.64. The van der Waals surface area contributed by atoms with Gasteiger partial charge in [-0.05, 0) is 41.1 Å². The molecule has 3 aromatic carbocycles. The Morgan fingerprint density at radius 3 is 2.40 bits per heavy atom. The number of carbonyl (C=O) groups excluding carboxylic acids is 2. The number of benzene rings is 3. The highest BCUT2D eigenvalue weighted by Gasteiger charge is 2.34. The second kappa shape index (κ2) is 9.04. The normalized spacial score (nSPS) is 11.2. The number of amides is 1. The summed E-state index contributed by atoms with van der Waals surface area (Å²) in [4.78, 5) is 23.7. The summed E-state index contributed by atoms with van der Waals surface area (Å²) >= 11 is 5.58. The van der Waals surface area contributed by atoms with Gasteiger partial charge < -0.3 is 14.8 Å². The zero-order chi connectivity index (χ0) is 21.7. The van der Waals surface area contributed by atoms with E-state index in [-0.39, 0.29) is 5.02 Å². The van der Waals surface area contributed by atoms with E-state index >= 15 is 0 Å². The van der Waals surface area contributed by atoms with Crippen LogP contribution in [0.3, 0.4) is 0 Å². The average molecular weight is 438 g/mol. The smallest absolute Gasteiger partial charge is 0.418 e. The number of nitrogens with one attached hydrogen (secondary N) is 1. The van der Waals surface area contributed by atoms with Crippen molar-refractivity contribution in [1.82, 2.24) is 0 Å². The van der Waals surface area contributed by atoms with Gasteiger partial charge in [0.25, 0.3) is 5.91 Å². The van der Waals surface area contributed by atoms with E-state index in [0.29, 0.717) is 11.8 Å².